The molecule has 1 aromatic rings. The van der Waals surface area contributed by atoms with Gasteiger partial charge in [-0.15, -0.1) is 5.10 Å². The molecule has 6 nitrogen and oxygen atoms in total. The fourth-order valence-corrected chi connectivity index (χ4v) is 2.35. The van der Waals surface area contributed by atoms with Crippen LogP contribution in [0.4, 0.5) is 0 Å². The number of carbonyl (C=O) groups is 1. The van der Waals surface area contributed by atoms with Crippen LogP contribution in [0.25, 0.3) is 0 Å². The number of carbonyl (C=O) groups excluding carboxylic acids is 1. The summed E-state index contributed by atoms with van der Waals surface area (Å²) in [5, 5.41) is 7.88. The molecule has 0 aliphatic carbocycles. The van der Waals surface area contributed by atoms with E-state index in [1.54, 1.807) is 17.8 Å². The number of hydrogen-bond acceptors (Lipinski definition) is 5. The highest BCUT2D eigenvalue weighted by Crippen LogP contribution is 2.36. The summed E-state index contributed by atoms with van der Waals surface area (Å²) in [4.78, 5) is 11.5. The van der Waals surface area contributed by atoms with Gasteiger partial charge in [0, 0.05) is 0 Å². The maximum atomic E-state index is 11.5. The molecule has 1 aromatic heterocycles. The van der Waals surface area contributed by atoms with Crippen molar-refractivity contribution in [2.45, 2.75) is 52.4 Å². The standard InChI is InChI=1S/C13H25N3O3Si/c1-7-18-12(17)11-10-16(15-14-11)8-9-19-20(5,6)13(2,3)4/h10H,7-9H2,1-6H3. The number of esters is 1. The van der Waals surface area contributed by atoms with Crippen LogP contribution in [0, 0.1) is 0 Å². The molecule has 0 amide bonds. The van der Waals surface area contributed by atoms with Crippen molar-refractivity contribution < 1.29 is 14.0 Å². The summed E-state index contributed by atoms with van der Waals surface area (Å²) >= 11 is 0. The zero-order chi connectivity index (χ0) is 15.4. The van der Waals surface area contributed by atoms with Crippen LogP contribution in [0.2, 0.25) is 18.1 Å². The largest absolute Gasteiger partial charge is 0.461 e. The average Bonchev–Trinajstić information content (AvgIpc) is 2.76. The van der Waals surface area contributed by atoms with E-state index in [9.17, 15) is 4.79 Å². The minimum Gasteiger partial charge on any atom is -0.461 e. The van der Waals surface area contributed by atoms with Crippen LogP contribution >= 0.6 is 0 Å². The van der Waals surface area contributed by atoms with E-state index in [-0.39, 0.29) is 10.7 Å². The van der Waals surface area contributed by atoms with Crippen LogP contribution in [0.15, 0.2) is 6.20 Å². The van der Waals surface area contributed by atoms with Gasteiger partial charge in [0.2, 0.25) is 0 Å². The molecule has 0 spiro atoms. The van der Waals surface area contributed by atoms with E-state index in [1.807, 2.05) is 0 Å². The first kappa shape index (κ1) is 16.8. The molecule has 0 saturated carbocycles. The van der Waals surface area contributed by atoms with Gasteiger partial charge < -0.3 is 9.16 Å². The van der Waals surface area contributed by atoms with Gasteiger partial charge in [-0.05, 0) is 25.1 Å². The Labute approximate surface area is 121 Å². The Kier molecular flexibility index (Phi) is 5.47. The number of aromatic nitrogens is 3. The summed E-state index contributed by atoms with van der Waals surface area (Å²) in [5.74, 6) is -0.441. The Balaban J connectivity index is 2.49. The molecule has 0 radical (unpaired) electrons. The normalized spacial score (nSPS) is 12.5. The van der Waals surface area contributed by atoms with E-state index in [2.05, 4.69) is 44.2 Å². The molecular weight excluding hydrogens is 274 g/mol. The molecule has 0 bridgehead atoms. The van der Waals surface area contributed by atoms with Crippen molar-refractivity contribution in [3.8, 4) is 0 Å². The highest BCUT2D eigenvalue weighted by molar-refractivity contribution is 6.74. The summed E-state index contributed by atoms with van der Waals surface area (Å²) in [6, 6.07) is 0. The van der Waals surface area contributed by atoms with Gasteiger partial charge in [-0.3, -0.25) is 0 Å². The Morgan fingerprint density at radius 3 is 2.60 bits per heavy atom. The quantitative estimate of drug-likeness (QED) is 0.596. The molecule has 114 valence electrons. The lowest BCUT2D eigenvalue weighted by Crippen LogP contribution is -2.41. The van der Waals surface area contributed by atoms with Crippen LogP contribution in [-0.2, 0) is 15.7 Å². The van der Waals surface area contributed by atoms with Gasteiger partial charge in [0.25, 0.3) is 0 Å². The Hall–Kier alpha value is -1.21. The molecule has 0 aliphatic rings. The third-order valence-electron chi connectivity index (χ3n) is 3.61. The lowest BCUT2D eigenvalue weighted by molar-refractivity contribution is 0.0519. The predicted octanol–water partition coefficient (Wildman–Crippen LogP) is 2.48. The molecule has 0 atom stereocenters. The first-order valence-electron chi connectivity index (χ1n) is 6.88. The summed E-state index contributed by atoms with van der Waals surface area (Å²) in [5.41, 5.74) is 0.235. The maximum absolute atomic E-state index is 11.5. The van der Waals surface area contributed by atoms with Gasteiger partial charge in [-0.2, -0.15) is 0 Å². The van der Waals surface area contributed by atoms with Gasteiger partial charge in [0.1, 0.15) is 0 Å². The molecule has 0 saturated heterocycles. The van der Waals surface area contributed by atoms with Gasteiger partial charge in [0.05, 0.1) is 26.0 Å². The van der Waals surface area contributed by atoms with E-state index in [0.29, 0.717) is 19.8 Å². The summed E-state index contributed by atoms with van der Waals surface area (Å²) in [6.07, 6.45) is 1.59. The fraction of sp³-hybridized carbons (Fsp3) is 0.769. The molecule has 1 rings (SSSR count). The van der Waals surface area contributed by atoms with Gasteiger partial charge >= 0.3 is 5.97 Å². The lowest BCUT2D eigenvalue weighted by Gasteiger charge is -2.36. The zero-order valence-corrected chi connectivity index (χ0v) is 14.3. The molecule has 7 heteroatoms. The second-order valence-corrected chi connectivity index (χ2v) is 11.0. The van der Waals surface area contributed by atoms with Crippen molar-refractivity contribution in [3.05, 3.63) is 11.9 Å². The van der Waals surface area contributed by atoms with Gasteiger partial charge in [0.15, 0.2) is 14.0 Å². The minimum atomic E-state index is -1.74. The second kappa shape index (κ2) is 6.49. The summed E-state index contributed by atoms with van der Waals surface area (Å²) < 4.78 is 12.5. The van der Waals surface area contributed by atoms with Crippen molar-refractivity contribution in [1.29, 1.82) is 0 Å². The number of rotatable bonds is 6. The molecule has 0 N–H and O–H groups in total. The minimum absolute atomic E-state index is 0.186. The fourth-order valence-electron chi connectivity index (χ4n) is 1.32. The third kappa shape index (κ3) is 4.41. The van der Waals surface area contributed by atoms with E-state index < -0.39 is 14.3 Å². The van der Waals surface area contributed by atoms with E-state index >= 15 is 0 Å². The van der Waals surface area contributed by atoms with Crippen LogP contribution in [-0.4, -0.2) is 42.5 Å². The van der Waals surface area contributed by atoms with E-state index in [0.717, 1.165) is 0 Å². The smallest absolute Gasteiger partial charge is 0.360 e. The highest BCUT2D eigenvalue weighted by atomic mass is 28.4. The van der Waals surface area contributed by atoms with Crippen LogP contribution in [0.5, 0.6) is 0 Å². The number of ether oxygens (including phenoxy) is 1. The topological polar surface area (TPSA) is 66.2 Å². The first-order valence-corrected chi connectivity index (χ1v) is 9.79. The number of hydrogen-bond donors (Lipinski definition) is 0. The second-order valence-electron chi connectivity index (χ2n) is 6.20. The van der Waals surface area contributed by atoms with E-state index in [1.165, 1.54) is 0 Å². The molecule has 0 aromatic carbocycles. The lowest BCUT2D eigenvalue weighted by atomic mass is 10.2. The number of nitrogens with zero attached hydrogens (tertiary/aromatic N) is 3. The van der Waals surface area contributed by atoms with Crippen molar-refractivity contribution >= 4 is 14.3 Å². The van der Waals surface area contributed by atoms with E-state index in [4.69, 9.17) is 9.16 Å². The Morgan fingerprint density at radius 1 is 1.40 bits per heavy atom. The first-order chi connectivity index (χ1) is 9.17. The van der Waals surface area contributed by atoms with Crippen molar-refractivity contribution in [2.24, 2.45) is 0 Å². The summed E-state index contributed by atoms with van der Waals surface area (Å²) in [6.45, 7) is 14.3. The molecule has 0 fully saturated rings. The van der Waals surface area contributed by atoms with Crippen molar-refractivity contribution in [2.75, 3.05) is 13.2 Å². The predicted molar refractivity (Wildman–Crippen MR) is 79.1 cm³/mol. The monoisotopic (exact) mass is 299 g/mol. The Bertz CT molecular complexity index is 452. The molecule has 0 unspecified atom stereocenters. The van der Waals surface area contributed by atoms with Crippen molar-refractivity contribution in [1.82, 2.24) is 15.0 Å². The van der Waals surface area contributed by atoms with Crippen LogP contribution in [0.3, 0.4) is 0 Å². The van der Waals surface area contributed by atoms with Crippen molar-refractivity contribution in [3.63, 3.8) is 0 Å². The molecular formula is C13H25N3O3Si. The zero-order valence-electron chi connectivity index (χ0n) is 13.3. The summed E-state index contributed by atoms with van der Waals surface area (Å²) in [7, 11) is -1.74. The Morgan fingerprint density at radius 2 is 2.05 bits per heavy atom. The molecule has 1 heterocycles. The van der Waals surface area contributed by atoms with Gasteiger partial charge in [-0.25, -0.2) is 9.48 Å². The maximum Gasteiger partial charge on any atom is 0.360 e. The molecule has 0 aliphatic heterocycles. The average molecular weight is 299 g/mol. The highest BCUT2D eigenvalue weighted by Gasteiger charge is 2.36. The SMILES string of the molecule is CCOC(=O)c1cn(CCO[Si](C)(C)C(C)(C)C)nn1. The van der Waals surface area contributed by atoms with Gasteiger partial charge in [-0.1, -0.05) is 26.0 Å². The van der Waals surface area contributed by atoms with Crippen LogP contribution < -0.4 is 0 Å². The van der Waals surface area contributed by atoms with Crippen LogP contribution in [0.1, 0.15) is 38.2 Å². The molecule has 20 heavy (non-hydrogen) atoms. The third-order valence-corrected chi connectivity index (χ3v) is 8.15.